The Balaban J connectivity index is 1.21. The number of aryl methyl sites for hydroxylation is 1. The topological polar surface area (TPSA) is 76.6 Å². The van der Waals surface area contributed by atoms with Crippen molar-refractivity contribution in [1.29, 1.82) is 0 Å². The smallest absolute Gasteiger partial charge is 0.167 e. The number of hydrogen-bond acceptors (Lipinski definition) is 7. The van der Waals surface area contributed by atoms with Crippen LogP contribution in [-0.2, 0) is 11.2 Å². The average molecular weight is 497 g/mol. The van der Waals surface area contributed by atoms with Gasteiger partial charge in [-0.2, -0.15) is 0 Å². The van der Waals surface area contributed by atoms with Crippen LogP contribution in [0.25, 0.3) is 10.9 Å². The Morgan fingerprint density at radius 1 is 1.03 bits per heavy atom. The Bertz CT molecular complexity index is 1340. The molecule has 1 saturated heterocycles. The van der Waals surface area contributed by atoms with E-state index >= 15 is 0 Å². The van der Waals surface area contributed by atoms with Gasteiger partial charge in [0.05, 0.1) is 25.3 Å². The van der Waals surface area contributed by atoms with E-state index in [1.807, 2.05) is 67.6 Å². The monoisotopic (exact) mass is 496 g/mol. The molecule has 0 aliphatic carbocycles. The molecule has 0 radical (unpaired) electrons. The Kier molecular flexibility index (Phi) is 8.03. The van der Waals surface area contributed by atoms with Crippen LogP contribution < -0.4 is 10.1 Å². The van der Waals surface area contributed by atoms with E-state index in [4.69, 9.17) is 9.47 Å². The van der Waals surface area contributed by atoms with Gasteiger partial charge < -0.3 is 14.8 Å². The van der Waals surface area contributed by atoms with Crippen LogP contribution in [0.1, 0.15) is 27.9 Å². The number of morpholine rings is 1. The number of Topliss-reactive ketones (excluding diaryl/α,β-unsaturated/α-hetero) is 1. The van der Waals surface area contributed by atoms with Gasteiger partial charge in [-0.15, -0.1) is 0 Å². The Morgan fingerprint density at radius 3 is 2.59 bits per heavy atom. The number of carbonyl (C=O) groups is 1. The van der Waals surface area contributed by atoms with Gasteiger partial charge >= 0.3 is 0 Å². The number of nitrogens with zero attached hydrogens (tertiary/aromatic N) is 3. The van der Waals surface area contributed by atoms with Gasteiger partial charge in [0, 0.05) is 48.8 Å². The van der Waals surface area contributed by atoms with E-state index in [0.717, 1.165) is 84.1 Å². The van der Waals surface area contributed by atoms with E-state index in [9.17, 15) is 4.79 Å². The molecule has 1 fully saturated rings. The molecule has 37 heavy (non-hydrogen) atoms. The SMILES string of the molecule is Cc1cc2c(Nc3ccc(CC(=O)c4ccccc4)cc3)ncnc2cc1OCCCN1CCOCC1. The summed E-state index contributed by atoms with van der Waals surface area (Å²) in [6, 6.07) is 21.3. The fourth-order valence-corrected chi connectivity index (χ4v) is 4.50. The molecule has 190 valence electrons. The Morgan fingerprint density at radius 2 is 1.81 bits per heavy atom. The van der Waals surface area contributed by atoms with E-state index in [0.29, 0.717) is 13.0 Å². The minimum Gasteiger partial charge on any atom is -0.493 e. The summed E-state index contributed by atoms with van der Waals surface area (Å²) in [5.41, 5.74) is 4.48. The number of aromatic nitrogens is 2. The van der Waals surface area contributed by atoms with Crippen molar-refractivity contribution in [2.45, 2.75) is 19.8 Å². The zero-order valence-electron chi connectivity index (χ0n) is 21.2. The molecular formula is C30H32N4O3. The summed E-state index contributed by atoms with van der Waals surface area (Å²) in [4.78, 5) is 23.9. The van der Waals surface area contributed by atoms with Crippen LogP contribution in [0.3, 0.4) is 0 Å². The first-order valence-corrected chi connectivity index (χ1v) is 12.8. The number of fused-ring (bicyclic) bond motifs is 1. The van der Waals surface area contributed by atoms with E-state index in [2.05, 4.69) is 26.3 Å². The minimum absolute atomic E-state index is 0.109. The lowest BCUT2D eigenvalue weighted by Crippen LogP contribution is -2.37. The molecule has 7 nitrogen and oxygen atoms in total. The molecule has 1 aliphatic rings. The zero-order chi connectivity index (χ0) is 25.5. The number of ketones is 1. The highest BCUT2D eigenvalue weighted by molar-refractivity contribution is 5.97. The van der Waals surface area contributed by atoms with Gasteiger partial charge in [-0.3, -0.25) is 9.69 Å². The molecule has 0 unspecified atom stereocenters. The molecule has 1 N–H and O–H groups in total. The number of benzene rings is 3. The highest BCUT2D eigenvalue weighted by Gasteiger charge is 2.12. The lowest BCUT2D eigenvalue weighted by atomic mass is 10.0. The number of nitrogens with one attached hydrogen (secondary N) is 1. The van der Waals surface area contributed by atoms with Crippen molar-refractivity contribution in [3.63, 3.8) is 0 Å². The maximum atomic E-state index is 12.5. The summed E-state index contributed by atoms with van der Waals surface area (Å²) < 4.78 is 11.5. The number of anilines is 2. The summed E-state index contributed by atoms with van der Waals surface area (Å²) in [5, 5.41) is 4.34. The van der Waals surface area contributed by atoms with Gasteiger partial charge in [-0.25, -0.2) is 9.97 Å². The molecule has 2 heterocycles. The number of ether oxygens (including phenoxy) is 2. The van der Waals surface area contributed by atoms with E-state index in [1.54, 1.807) is 6.33 Å². The van der Waals surface area contributed by atoms with E-state index in [1.165, 1.54) is 0 Å². The zero-order valence-corrected chi connectivity index (χ0v) is 21.2. The molecule has 4 aromatic rings. The van der Waals surface area contributed by atoms with Crippen LogP contribution in [0.4, 0.5) is 11.5 Å². The second-order valence-electron chi connectivity index (χ2n) is 9.30. The van der Waals surface area contributed by atoms with E-state index < -0.39 is 0 Å². The molecule has 0 saturated carbocycles. The first kappa shape index (κ1) is 24.9. The molecule has 1 aromatic heterocycles. The standard InChI is InChI=1S/C30H32N4O3/c1-22-18-26-27(20-29(22)37-15-5-12-34-13-16-36-17-14-34)31-21-32-30(26)33-25-10-8-23(9-11-25)19-28(35)24-6-3-2-4-7-24/h2-4,6-11,18,20-21H,5,12-17,19H2,1H3,(H,31,32,33). The minimum atomic E-state index is 0.109. The van der Waals surface area contributed by atoms with Gasteiger partial charge in [0.15, 0.2) is 5.78 Å². The molecule has 7 heteroatoms. The number of hydrogen-bond donors (Lipinski definition) is 1. The molecule has 0 spiro atoms. The molecular weight excluding hydrogens is 464 g/mol. The fraction of sp³-hybridized carbons (Fsp3) is 0.300. The van der Waals surface area contributed by atoms with Gasteiger partial charge in [-0.05, 0) is 42.7 Å². The van der Waals surface area contributed by atoms with Crippen LogP contribution in [0.15, 0.2) is 73.1 Å². The van der Waals surface area contributed by atoms with Crippen molar-refractivity contribution in [2.24, 2.45) is 0 Å². The average Bonchev–Trinajstić information content (AvgIpc) is 2.94. The van der Waals surface area contributed by atoms with Crippen molar-refractivity contribution < 1.29 is 14.3 Å². The first-order chi connectivity index (χ1) is 18.2. The van der Waals surface area contributed by atoms with Gasteiger partial charge in [-0.1, -0.05) is 42.5 Å². The Labute approximate surface area is 217 Å². The van der Waals surface area contributed by atoms with Gasteiger partial charge in [0.2, 0.25) is 0 Å². The van der Waals surface area contributed by atoms with Crippen LogP contribution in [-0.4, -0.2) is 60.1 Å². The van der Waals surface area contributed by atoms with Crippen molar-refractivity contribution in [3.05, 3.63) is 89.7 Å². The largest absolute Gasteiger partial charge is 0.493 e. The third kappa shape index (κ3) is 6.50. The highest BCUT2D eigenvalue weighted by atomic mass is 16.5. The predicted octanol–water partition coefficient (Wildman–Crippen LogP) is 5.21. The second-order valence-corrected chi connectivity index (χ2v) is 9.30. The van der Waals surface area contributed by atoms with Crippen LogP contribution in [0.5, 0.6) is 5.75 Å². The highest BCUT2D eigenvalue weighted by Crippen LogP contribution is 2.29. The summed E-state index contributed by atoms with van der Waals surface area (Å²) in [6.45, 7) is 7.36. The Hall–Kier alpha value is -3.81. The molecule has 0 amide bonds. The van der Waals surface area contributed by atoms with Crippen molar-refractivity contribution >= 4 is 28.2 Å². The summed E-state index contributed by atoms with van der Waals surface area (Å²) in [5.74, 6) is 1.70. The first-order valence-electron chi connectivity index (χ1n) is 12.8. The molecule has 0 bridgehead atoms. The van der Waals surface area contributed by atoms with Crippen LogP contribution >= 0.6 is 0 Å². The van der Waals surface area contributed by atoms with Gasteiger partial charge in [0.25, 0.3) is 0 Å². The predicted molar refractivity (Wildman–Crippen MR) is 146 cm³/mol. The van der Waals surface area contributed by atoms with Crippen LogP contribution in [0.2, 0.25) is 0 Å². The lowest BCUT2D eigenvalue weighted by Gasteiger charge is -2.26. The van der Waals surface area contributed by atoms with Crippen molar-refractivity contribution in [2.75, 3.05) is 44.8 Å². The summed E-state index contributed by atoms with van der Waals surface area (Å²) in [6.07, 6.45) is 2.91. The normalized spacial score (nSPS) is 14.0. The van der Waals surface area contributed by atoms with Gasteiger partial charge in [0.1, 0.15) is 17.9 Å². The quantitative estimate of drug-likeness (QED) is 0.239. The second kappa shape index (κ2) is 12.0. The maximum absolute atomic E-state index is 12.5. The third-order valence-corrected chi connectivity index (χ3v) is 6.59. The molecule has 0 atom stereocenters. The number of carbonyl (C=O) groups excluding carboxylic acids is 1. The van der Waals surface area contributed by atoms with Crippen molar-refractivity contribution in [3.8, 4) is 5.75 Å². The molecule has 5 rings (SSSR count). The number of rotatable bonds is 10. The maximum Gasteiger partial charge on any atom is 0.167 e. The fourth-order valence-electron chi connectivity index (χ4n) is 4.50. The van der Waals surface area contributed by atoms with E-state index in [-0.39, 0.29) is 5.78 Å². The molecule has 1 aliphatic heterocycles. The summed E-state index contributed by atoms with van der Waals surface area (Å²) >= 11 is 0. The van der Waals surface area contributed by atoms with Crippen molar-refractivity contribution in [1.82, 2.24) is 14.9 Å². The molecule has 3 aromatic carbocycles. The summed E-state index contributed by atoms with van der Waals surface area (Å²) in [7, 11) is 0. The third-order valence-electron chi connectivity index (χ3n) is 6.59. The van der Waals surface area contributed by atoms with Crippen LogP contribution in [0, 0.1) is 6.92 Å². The lowest BCUT2D eigenvalue weighted by molar-refractivity contribution is 0.0358.